The summed E-state index contributed by atoms with van der Waals surface area (Å²) in [6, 6.07) is 18.6. The van der Waals surface area contributed by atoms with Crippen molar-refractivity contribution in [2.24, 2.45) is 0 Å². The zero-order valence-corrected chi connectivity index (χ0v) is 16.0. The number of hydrogen-bond acceptors (Lipinski definition) is 5. The topological polar surface area (TPSA) is 77.1 Å². The van der Waals surface area contributed by atoms with E-state index >= 15 is 0 Å². The second-order valence-corrected chi connectivity index (χ2v) is 6.42. The molecule has 3 rings (SSSR count). The number of carbonyl (C=O) groups excluding carboxylic acids is 1. The largest absolute Gasteiger partial charge is 0.479 e. The summed E-state index contributed by atoms with van der Waals surface area (Å²) in [6.45, 7) is 2.28. The van der Waals surface area contributed by atoms with E-state index in [2.05, 4.69) is 5.10 Å². The Bertz CT molecular complexity index is 992. The minimum atomic E-state index is -0.522. The molecule has 1 heterocycles. The number of hydrogen-bond donors (Lipinski definition) is 0. The molecule has 0 amide bonds. The molecule has 0 N–H and O–H groups in total. The number of carbonyl (C=O) groups is 1. The van der Waals surface area contributed by atoms with Crippen molar-refractivity contribution < 1.29 is 14.3 Å². The van der Waals surface area contributed by atoms with Crippen molar-refractivity contribution in [3.63, 3.8) is 0 Å². The number of aryl methyl sites for hydroxylation is 1. The summed E-state index contributed by atoms with van der Waals surface area (Å²) >= 11 is 6.38. The van der Waals surface area contributed by atoms with E-state index in [0.717, 1.165) is 11.1 Å². The zero-order chi connectivity index (χ0) is 19.9. The third-order valence-corrected chi connectivity index (χ3v) is 4.43. The molecule has 28 heavy (non-hydrogen) atoms. The first-order valence-electron chi connectivity index (χ1n) is 8.61. The third-order valence-electron chi connectivity index (χ3n) is 4.04. The van der Waals surface area contributed by atoms with Gasteiger partial charge in [-0.2, -0.15) is 10.4 Å². The molecule has 0 fully saturated rings. The van der Waals surface area contributed by atoms with Crippen LogP contribution < -0.4 is 4.74 Å². The van der Waals surface area contributed by atoms with Crippen LogP contribution in [0.2, 0.25) is 5.15 Å². The van der Waals surface area contributed by atoms with Gasteiger partial charge in [0, 0.05) is 0 Å². The summed E-state index contributed by atoms with van der Waals surface area (Å²) in [5, 5.41) is 13.1. The summed E-state index contributed by atoms with van der Waals surface area (Å²) in [5.74, 6) is 0.0596. The first-order chi connectivity index (χ1) is 13.6. The van der Waals surface area contributed by atoms with Crippen LogP contribution in [0.25, 0.3) is 0 Å². The fraction of sp³-hybridized carbons (Fsp3) is 0.190. The van der Waals surface area contributed by atoms with E-state index in [0.29, 0.717) is 18.0 Å². The van der Waals surface area contributed by atoms with E-state index in [1.54, 1.807) is 35.9 Å². The van der Waals surface area contributed by atoms with Crippen molar-refractivity contribution in [2.45, 2.75) is 20.1 Å². The second kappa shape index (κ2) is 9.07. The summed E-state index contributed by atoms with van der Waals surface area (Å²) in [6.07, 6.45) is 0. The van der Waals surface area contributed by atoms with Crippen molar-refractivity contribution in [3.05, 3.63) is 82.1 Å². The Morgan fingerprint density at radius 3 is 2.54 bits per heavy atom. The van der Waals surface area contributed by atoms with Crippen molar-refractivity contribution in [3.8, 4) is 11.8 Å². The molecule has 0 aliphatic carbocycles. The van der Waals surface area contributed by atoms with Crippen LogP contribution >= 0.6 is 11.6 Å². The molecule has 0 spiro atoms. The maximum absolute atomic E-state index is 12.5. The van der Waals surface area contributed by atoms with E-state index < -0.39 is 5.97 Å². The molecule has 142 valence electrons. The molecule has 0 aliphatic heterocycles. The lowest BCUT2D eigenvalue weighted by Gasteiger charge is -2.07. The van der Waals surface area contributed by atoms with Gasteiger partial charge in [-0.25, -0.2) is 9.48 Å². The number of esters is 1. The van der Waals surface area contributed by atoms with Crippen molar-refractivity contribution >= 4 is 17.6 Å². The lowest BCUT2D eigenvalue weighted by atomic mass is 10.2. The smallest absolute Gasteiger partial charge is 0.343 e. The summed E-state index contributed by atoms with van der Waals surface area (Å²) in [5.41, 5.74) is 2.62. The molecule has 0 saturated carbocycles. The molecule has 0 bridgehead atoms. The third kappa shape index (κ3) is 4.70. The highest BCUT2D eigenvalue weighted by molar-refractivity contribution is 6.32. The number of ether oxygens (including phenoxy) is 2. The fourth-order valence-corrected chi connectivity index (χ4v) is 2.98. The van der Waals surface area contributed by atoms with Gasteiger partial charge in [-0.3, -0.25) is 0 Å². The van der Waals surface area contributed by atoms with E-state index in [4.69, 9.17) is 26.3 Å². The first-order valence-corrected chi connectivity index (χ1v) is 8.99. The number of rotatable bonds is 7. The molecule has 1 aromatic heterocycles. The second-order valence-electron chi connectivity index (χ2n) is 6.06. The van der Waals surface area contributed by atoms with Gasteiger partial charge in [-0.15, -0.1) is 0 Å². The molecule has 3 aromatic rings. The van der Waals surface area contributed by atoms with Crippen molar-refractivity contribution in [1.82, 2.24) is 9.78 Å². The number of nitriles is 1. The summed E-state index contributed by atoms with van der Waals surface area (Å²) in [4.78, 5) is 12.5. The SMILES string of the molecule is Cc1nn(Cc2ccccc2)c(Cl)c1C(=O)OCc1ccc(OCC#N)cc1. The van der Waals surface area contributed by atoms with Crippen LogP contribution in [0, 0.1) is 18.3 Å². The van der Waals surface area contributed by atoms with Gasteiger partial charge in [0.1, 0.15) is 29.1 Å². The van der Waals surface area contributed by atoms with Crippen LogP contribution in [-0.2, 0) is 17.9 Å². The van der Waals surface area contributed by atoms with Crippen LogP contribution in [-0.4, -0.2) is 22.4 Å². The summed E-state index contributed by atoms with van der Waals surface area (Å²) < 4.78 is 12.2. The Hall–Kier alpha value is -3.30. The van der Waals surface area contributed by atoms with Crippen molar-refractivity contribution in [2.75, 3.05) is 6.61 Å². The Morgan fingerprint density at radius 2 is 1.86 bits per heavy atom. The Kier molecular flexibility index (Phi) is 6.30. The molecule has 0 aliphatic rings. The Morgan fingerprint density at radius 1 is 1.14 bits per heavy atom. The maximum atomic E-state index is 12.5. The molecular formula is C21H18ClN3O3. The highest BCUT2D eigenvalue weighted by Gasteiger charge is 2.21. The van der Waals surface area contributed by atoms with Gasteiger partial charge >= 0.3 is 5.97 Å². The predicted octanol–water partition coefficient (Wildman–Crippen LogP) is 4.15. The number of aromatic nitrogens is 2. The normalized spacial score (nSPS) is 10.3. The van der Waals surface area contributed by atoms with Gasteiger partial charge in [0.25, 0.3) is 0 Å². The van der Waals surface area contributed by atoms with E-state index in [-0.39, 0.29) is 23.9 Å². The van der Waals surface area contributed by atoms with E-state index in [1.165, 1.54) is 0 Å². The predicted molar refractivity (Wildman–Crippen MR) is 104 cm³/mol. The van der Waals surface area contributed by atoms with Crippen LogP contribution in [0.5, 0.6) is 5.75 Å². The molecular weight excluding hydrogens is 378 g/mol. The highest BCUT2D eigenvalue weighted by Crippen LogP contribution is 2.22. The van der Waals surface area contributed by atoms with Crippen LogP contribution in [0.15, 0.2) is 54.6 Å². The van der Waals surface area contributed by atoms with E-state index in [9.17, 15) is 4.79 Å². The average Bonchev–Trinajstić information content (AvgIpc) is 2.99. The molecule has 0 unspecified atom stereocenters. The lowest BCUT2D eigenvalue weighted by molar-refractivity contribution is 0.0472. The van der Waals surface area contributed by atoms with Gasteiger partial charge in [0.05, 0.1) is 12.2 Å². The highest BCUT2D eigenvalue weighted by atomic mass is 35.5. The first kappa shape index (κ1) is 19.5. The molecule has 2 aromatic carbocycles. The lowest BCUT2D eigenvalue weighted by Crippen LogP contribution is -2.07. The standard InChI is InChI=1S/C21H18ClN3O3/c1-15-19(20(22)25(24-15)13-16-5-3-2-4-6-16)21(26)28-14-17-7-9-18(10-8-17)27-12-11-23/h2-10H,12-14H2,1H3. The maximum Gasteiger partial charge on any atom is 0.343 e. The van der Waals surface area contributed by atoms with Gasteiger partial charge in [-0.05, 0) is 30.2 Å². The minimum absolute atomic E-state index is 0.0148. The number of nitrogens with zero attached hydrogens (tertiary/aromatic N) is 3. The molecule has 0 saturated heterocycles. The van der Waals surface area contributed by atoms with Gasteiger partial charge in [0.2, 0.25) is 0 Å². The quantitative estimate of drug-likeness (QED) is 0.561. The van der Waals surface area contributed by atoms with Crippen LogP contribution in [0.4, 0.5) is 0 Å². The molecule has 6 nitrogen and oxygen atoms in total. The van der Waals surface area contributed by atoms with Gasteiger partial charge in [0.15, 0.2) is 6.61 Å². The molecule has 7 heteroatoms. The van der Waals surface area contributed by atoms with E-state index in [1.807, 2.05) is 36.4 Å². The monoisotopic (exact) mass is 395 g/mol. The Balaban J connectivity index is 1.65. The Labute approximate surface area is 167 Å². The minimum Gasteiger partial charge on any atom is -0.479 e. The van der Waals surface area contributed by atoms with Gasteiger partial charge < -0.3 is 9.47 Å². The number of benzene rings is 2. The van der Waals surface area contributed by atoms with Crippen LogP contribution in [0.3, 0.4) is 0 Å². The summed E-state index contributed by atoms with van der Waals surface area (Å²) in [7, 11) is 0. The number of halogens is 1. The molecule has 0 radical (unpaired) electrons. The molecule has 0 atom stereocenters. The van der Waals surface area contributed by atoms with Crippen LogP contribution in [0.1, 0.15) is 27.2 Å². The van der Waals surface area contributed by atoms with Crippen molar-refractivity contribution in [1.29, 1.82) is 5.26 Å². The zero-order valence-electron chi connectivity index (χ0n) is 15.3. The average molecular weight is 396 g/mol. The van der Waals surface area contributed by atoms with Gasteiger partial charge in [-0.1, -0.05) is 54.1 Å². The fourth-order valence-electron chi connectivity index (χ4n) is 2.66.